The molecule has 21 heavy (non-hydrogen) atoms. The van der Waals surface area contributed by atoms with E-state index in [1.165, 1.54) is 24.4 Å². The van der Waals surface area contributed by atoms with Crippen LogP contribution >= 0.6 is 22.9 Å². The van der Waals surface area contributed by atoms with Gasteiger partial charge in [-0.25, -0.2) is 9.97 Å². The Kier molecular flexibility index (Phi) is 3.36. The lowest BCUT2D eigenvalue weighted by Gasteiger charge is -1.97. The molecule has 0 aliphatic heterocycles. The van der Waals surface area contributed by atoms with Gasteiger partial charge in [0.05, 0.1) is 17.9 Å². The minimum absolute atomic E-state index is 0.604. The number of aromatic nitrogens is 4. The van der Waals surface area contributed by atoms with E-state index in [1.54, 1.807) is 17.5 Å². The maximum Gasteiger partial charge on any atom is 0.202 e. The fourth-order valence-electron chi connectivity index (χ4n) is 1.99. The van der Waals surface area contributed by atoms with E-state index in [1.807, 2.05) is 23.6 Å². The molecule has 3 aromatic rings. The highest BCUT2D eigenvalue weighted by molar-refractivity contribution is 7.10. The molecule has 3 heterocycles. The summed E-state index contributed by atoms with van der Waals surface area (Å²) in [5.74, 6) is 1.60. The van der Waals surface area contributed by atoms with Crippen LogP contribution in [0.25, 0.3) is 11.4 Å². The van der Waals surface area contributed by atoms with Gasteiger partial charge in [-0.1, -0.05) is 6.07 Å². The largest absolute Gasteiger partial charge is 0.354 e. The molecular formula is C14H13N5S2. The fraction of sp³-hybridized carbons (Fsp3) is 0.286. The second-order valence-corrected chi connectivity index (χ2v) is 6.62. The van der Waals surface area contributed by atoms with Gasteiger partial charge in [-0.2, -0.15) is 4.37 Å². The maximum atomic E-state index is 4.60. The first-order chi connectivity index (χ1) is 10.4. The third-order valence-electron chi connectivity index (χ3n) is 3.25. The van der Waals surface area contributed by atoms with Gasteiger partial charge in [-0.05, 0) is 25.0 Å². The van der Waals surface area contributed by atoms with E-state index >= 15 is 0 Å². The van der Waals surface area contributed by atoms with E-state index in [0.717, 1.165) is 27.4 Å². The summed E-state index contributed by atoms with van der Waals surface area (Å²) in [4.78, 5) is 13.4. The summed E-state index contributed by atoms with van der Waals surface area (Å²) in [5, 5.41) is 7.25. The van der Waals surface area contributed by atoms with E-state index in [-0.39, 0.29) is 0 Å². The lowest BCUT2D eigenvalue weighted by Crippen LogP contribution is -1.98. The molecule has 1 aliphatic rings. The highest BCUT2D eigenvalue weighted by atomic mass is 32.1. The van der Waals surface area contributed by atoms with Crippen LogP contribution in [0.4, 0.5) is 5.13 Å². The molecule has 7 heteroatoms. The van der Waals surface area contributed by atoms with Gasteiger partial charge in [0.15, 0.2) is 0 Å². The molecule has 0 aromatic carbocycles. The number of thiazole rings is 1. The van der Waals surface area contributed by atoms with Crippen LogP contribution in [0.2, 0.25) is 0 Å². The Morgan fingerprint density at radius 2 is 2.14 bits per heavy atom. The normalized spacial score (nSPS) is 14.3. The fourth-order valence-corrected chi connectivity index (χ4v) is 3.36. The molecule has 3 aromatic heterocycles. The van der Waals surface area contributed by atoms with Gasteiger partial charge in [-0.3, -0.25) is 4.98 Å². The first kappa shape index (κ1) is 12.8. The summed E-state index contributed by atoms with van der Waals surface area (Å²) in [5.41, 5.74) is 1.83. The molecule has 0 amide bonds. The van der Waals surface area contributed by atoms with Gasteiger partial charge in [-0.15, -0.1) is 11.3 Å². The summed E-state index contributed by atoms with van der Waals surface area (Å²) in [6.45, 7) is 0.677. The van der Waals surface area contributed by atoms with Crippen LogP contribution in [-0.2, 0) is 6.54 Å². The van der Waals surface area contributed by atoms with Crippen molar-refractivity contribution in [3.63, 3.8) is 0 Å². The molecule has 1 aliphatic carbocycles. The van der Waals surface area contributed by atoms with E-state index < -0.39 is 0 Å². The van der Waals surface area contributed by atoms with E-state index in [4.69, 9.17) is 0 Å². The van der Waals surface area contributed by atoms with Crippen molar-refractivity contribution in [3.8, 4) is 11.4 Å². The predicted octanol–water partition coefficient (Wildman–Crippen LogP) is 3.55. The molecule has 106 valence electrons. The van der Waals surface area contributed by atoms with Crippen LogP contribution < -0.4 is 5.32 Å². The molecule has 4 rings (SSSR count). The number of nitrogens with one attached hydrogen (secondary N) is 1. The minimum atomic E-state index is 0.604. The average molecular weight is 315 g/mol. The minimum Gasteiger partial charge on any atom is -0.354 e. The zero-order valence-corrected chi connectivity index (χ0v) is 12.8. The molecule has 0 saturated heterocycles. The number of anilines is 1. The van der Waals surface area contributed by atoms with Crippen molar-refractivity contribution >= 4 is 28.0 Å². The Labute approximate surface area is 130 Å². The zero-order chi connectivity index (χ0) is 14.1. The molecule has 0 radical (unpaired) electrons. The van der Waals surface area contributed by atoms with Crippen molar-refractivity contribution in [2.45, 2.75) is 25.3 Å². The molecule has 0 bridgehead atoms. The number of hydrogen-bond donors (Lipinski definition) is 1. The van der Waals surface area contributed by atoms with Crippen LogP contribution in [0.3, 0.4) is 0 Å². The van der Waals surface area contributed by atoms with Crippen LogP contribution in [-0.4, -0.2) is 19.3 Å². The van der Waals surface area contributed by atoms with Crippen LogP contribution in [0, 0.1) is 0 Å². The smallest absolute Gasteiger partial charge is 0.202 e. The summed E-state index contributed by atoms with van der Waals surface area (Å²) >= 11 is 3.06. The van der Waals surface area contributed by atoms with E-state index in [0.29, 0.717) is 12.5 Å². The summed E-state index contributed by atoms with van der Waals surface area (Å²) in [6, 6.07) is 5.85. The van der Waals surface area contributed by atoms with Gasteiger partial charge in [0.1, 0.15) is 10.8 Å². The third kappa shape index (κ3) is 2.93. The predicted molar refractivity (Wildman–Crippen MR) is 84.6 cm³/mol. The van der Waals surface area contributed by atoms with Gasteiger partial charge in [0.2, 0.25) is 5.13 Å². The Balaban J connectivity index is 1.41. The van der Waals surface area contributed by atoms with Gasteiger partial charge in [0.25, 0.3) is 0 Å². The molecule has 0 spiro atoms. The molecule has 1 fully saturated rings. The Bertz CT molecular complexity index is 733. The van der Waals surface area contributed by atoms with Crippen LogP contribution in [0.1, 0.15) is 29.6 Å². The number of pyridine rings is 1. The molecule has 1 saturated carbocycles. The Hall–Kier alpha value is -1.86. The third-order valence-corrected chi connectivity index (χ3v) is 4.79. The van der Waals surface area contributed by atoms with Crippen molar-refractivity contribution in [1.29, 1.82) is 0 Å². The quantitative estimate of drug-likeness (QED) is 0.780. The molecule has 1 N–H and O–H groups in total. The second-order valence-electron chi connectivity index (χ2n) is 4.93. The van der Waals surface area contributed by atoms with Crippen LogP contribution in [0.15, 0.2) is 29.8 Å². The first-order valence-electron chi connectivity index (χ1n) is 6.82. The number of rotatable bonds is 5. The van der Waals surface area contributed by atoms with Crippen molar-refractivity contribution in [2.24, 2.45) is 0 Å². The zero-order valence-electron chi connectivity index (χ0n) is 11.2. The van der Waals surface area contributed by atoms with Crippen molar-refractivity contribution in [2.75, 3.05) is 5.32 Å². The molecule has 0 atom stereocenters. The van der Waals surface area contributed by atoms with Gasteiger partial charge < -0.3 is 5.32 Å². The molecular weight excluding hydrogens is 302 g/mol. The van der Waals surface area contributed by atoms with E-state index in [9.17, 15) is 0 Å². The van der Waals surface area contributed by atoms with Crippen molar-refractivity contribution in [1.82, 2.24) is 19.3 Å². The summed E-state index contributed by atoms with van der Waals surface area (Å²) in [7, 11) is 0. The second kappa shape index (κ2) is 5.50. The molecule has 0 unspecified atom stereocenters. The summed E-state index contributed by atoms with van der Waals surface area (Å²) < 4.78 is 4.38. The lowest BCUT2D eigenvalue weighted by molar-refractivity contribution is 0.978. The summed E-state index contributed by atoms with van der Waals surface area (Å²) in [6.07, 6.45) is 4.25. The van der Waals surface area contributed by atoms with Crippen molar-refractivity contribution < 1.29 is 0 Å². The number of nitrogens with zero attached hydrogens (tertiary/aromatic N) is 4. The van der Waals surface area contributed by atoms with Crippen molar-refractivity contribution in [3.05, 3.63) is 40.6 Å². The Morgan fingerprint density at radius 1 is 1.19 bits per heavy atom. The SMILES string of the molecule is c1ccc(-c2csc(CNc3nc(C4CC4)ns3)n2)nc1. The topological polar surface area (TPSA) is 63.6 Å². The first-order valence-corrected chi connectivity index (χ1v) is 8.47. The number of hydrogen-bond acceptors (Lipinski definition) is 7. The van der Waals surface area contributed by atoms with Crippen LogP contribution in [0.5, 0.6) is 0 Å². The highest BCUT2D eigenvalue weighted by Crippen LogP contribution is 2.39. The molecule has 5 nitrogen and oxygen atoms in total. The van der Waals surface area contributed by atoms with E-state index in [2.05, 4.69) is 24.6 Å². The van der Waals surface area contributed by atoms with Gasteiger partial charge in [0, 0.05) is 29.0 Å². The highest BCUT2D eigenvalue weighted by Gasteiger charge is 2.27. The monoisotopic (exact) mass is 315 g/mol. The Morgan fingerprint density at radius 3 is 2.95 bits per heavy atom. The average Bonchev–Trinajstić information content (AvgIpc) is 3.09. The standard InChI is InChI=1S/C14H13N5S2/c1-2-6-15-10(3-1)11-8-20-12(17-11)7-16-14-18-13(19-21-14)9-4-5-9/h1-3,6,8-9H,4-5,7H2,(H,16,18,19). The lowest BCUT2D eigenvalue weighted by atomic mass is 10.3. The maximum absolute atomic E-state index is 4.60. The van der Waals surface area contributed by atoms with Gasteiger partial charge >= 0.3 is 0 Å².